The van der Waals surface area contributed by atoms with Crippen molar-refractivity contribution in [2.24, 2.45) is 11.5 Å². The van der Waals surface area contributed by atoms with Crippen molar-refractivity contribution in [2.75, 3.05) is 0 Å². The summed E-state index contributed by atoms with van der Waals surface area (Å²) in [6.07, 6.45) is 0.719. The van der Waals surface area contributed by atoms with Gasteiger partial charge in [0, 0.05) is 17.6 Å². The first-order valence-electron chi connectivity index (χ1n) is 4.59. The van der Waals surface area contributed by atoms with Gasteiger partial charge in [0.25, 0.3) is 0 Å². The molecule has 6 N–H and O–H groups in total. The van der Waals surface area contributed by atoms with E-state index < -0.39 is 6.04 Å². The molecule has 0 saturated carbocycles. The van der Waals surface area contributed by atoms with E-state index in [2.05, 4.69) is 0 Å². The molecule has 0 radical (unpaired) electrons. The maximum Gasteiger partial charge on any atom is 0.120 e. The molecule has 2 atom stereocenters. The molecule has 0 bridgehead atoms. The van der Waals surface area contributed by atoms with E-state index in [0.717, 1.165) is 6.42 Å². The third-order valence-electron chi connectivity index (χ3n) is 2.30. The second-order valence-electron chi connectivity index (χ2n) is 3.34. The van der Waals surface area contributed by atoms with Gasteiger partial charge in [-0.3, -0.25) is 0 Å². The van der Waals surface area contributed by atoms with Crippen LogP contribution in [0, 0.1) is 0 Å². The van der Waals surface area contributed by atoms with Crippen molar-refractivity contribution >= 4 is 0 Å². The minimum Gasteiger partial charge on any atom is -0.508 e. The van der Waals surface area contributed by atoms with Gasteiger partial charge >= 0.3 is 0 Å². The number of phenolic OH excluding ortho intramolecular Hbond substituents is 2. The third-order valence-corrected chi connectivity index (χ3v) is 2.30. The van der Waals surface area contributed by atoms with Crippen LogP contribution in [0.4, 0.5) is 0 Å². The summed E-state index contributed by atoms with van der Waals surface area (Å²) in [5, 5.41) is 18.7. The Morgan fingerprint density at radius 2 is 1.93 bits per heavy atom. The highest BCUT2D eigenvalue weighted by Gasteiger charge is 2.17. The molecule has 0 aliphatic carbocycles. The normalized spacial score (nSPS) is 15.1. The van der Waals surface area contributed by atoms with Crippen LogP contribution in [-0.4, -0.2) is 16.3 Å². The minimum absolute atomic E-state index is 0.0687. The van der Waals surface area contributed by atoms with Gasteiger partial charge in [0.15, 0.2) is 0 Å². The van der Waals surface area contributed by atoms with Crippen molar-refractivity contribution in [2.45, 2.75) is 25.4 Å². The zero-order valence-electron chi connectivity index (χ0n) is 8.14. The van der Waals surface area contributed by atoms with E-state index in [1.54, 1.807) is 0 Å². The molecule has 2 unspecified atom stereocenters. The van der Waals surface area contributed by atoms with Crippen molar-refractivity contribution in [1.29, 1.82) is 0 Å². The van der Waals surface area contributed by atoms with Crippen molar-refractivity contribution in [3.8, 4) is 11.5 Å². The SMILES string of the molecule is CCC(N)C(N)c1cc(O)ccc1O. The number of phenols is 2. The molecule has 1 rings (SSSR count). The summed E-state index contributed by atoms with van der Waals surface area (Å²) in [5.41, 5.74) is 12.1. The lowest BCUT2D eigenvalue weighted by Crippen LogP contribution is -2.33. The molecule has 1 aromatic carbocycles. The van der Waals surface area contributed by atoms with E-state index in [4.69, 9.17) is 11.5 Å². The van der Waals surface area contributed by atoms with Gasteiger partial charge in [-0.1, -0.05) is 6.92 Å². The summed E-state index contributed by atoms with van der Waals surface area (Å²) in [6.45, 7) is 1.92. The number of hydrogen-bond donors (Lipinski definition) is 4. The maximum absolute atomic E-state index is 9.50. The van der Waals surface area contributed by atoms with Crippen LogP contribution in [-0.2, 0) is 0 Å². The average Bonchev–Trinajstić information content (AvgIpc) is 2.19. The molecule has 0 heterocycles. The molecule has 78 valence electrons. The van der Waals surface area contributed by atoms with Crippen LogP contribution in [0.3, 0.4) is 0 Å². The standard InChI is InChI=1S/C10H16N2O2/c1-2-8(11)10(12)7-5-6(13)3-4-9(7)14/h3-5,8,10,13-14H,2,11-12H2,1H3. The summed E-state index contributed by atoms with van der Waals surface area (Å²) in [4.78, 5) is 0. The first-order chi connectivity index (χ1) is 6.56. The van der Waals surface area contributed by atoms with E-state index in [9.17, 15) is 10.2 Å². The van der Waals surface area contributed by atoms with E-state index in [-0.39, 0.29) is 17.5 Å². The van der Waals surface area contributed by atoms with Crippen LogP contribution in [0.2, 0.25) is 0 Å². The molecular weight excluding hydrogens is 180 g/mol. The summed E-state index contributed by atoms with van der Waals surface area (Å²) in [5.74, 6) is 0.149. The molecule has 4 nitrogen and oxygen atoms in total. The van der Waals surface area contributed by atoms with Crippen LogP contribution in [0.15, 0.2) is 18.2 Å². The molecule has 0 aliphatic rings. The lowest BCUT2D eigenvalue weighted by Gasteiger charge is -2.19. The number of hydrogen-bond acceptors (Lipinski definition) is 4. The monoisotopic (exact) mass is 196 g/mol. The molecular formula is C10H16N2O2. The molecule has 0 aliphatic heterocycles. The van der Waals surface area contributed by atoms with E-state index in [0.29, 0.717) is 5.56 Å². The van der Waals surface area contributed by atoms with Gasteiger partial charge in [0.2, 0.25) is 0 Å². The molecule has 0 spiro atoms. The van der Waals surface area contributed by atoms with Crippen molar-refractivity contribution in [1.82, 2.24) is 0 Å². The largest absolute Gasteiger partial charge is 0.508 e. The Bertz CT molecular complexity index is 315. The fourth-order valence-corrected chi connectivity index (χ4v) is 1.29. The maximum atomic E-state index is 9.50. The summed E-state index contributed by atoms with van der Waals surface area (Å²) in [7, 11) is 0. The highest BCUT2D eigenvalue weighted by molar-refractivity contribution is 5.41. The molecule has 0 saturated heterocycles. The Labute approximate surface area is 83.2 Å². The average molecular weight is 196 g/mol. The highest BCUT2D eigenvalue weighted by atomic mass is 16.3. The first kappa shape index (κ1) is 10.8. The second-order valence-corrected chi connectivity index (χ2v) is 3.34. The third kappa shape index (κ3) is 2.16. The van der Waals surface area contributed by atoms with Gasteiger partial charge in [-0.25, -0.2) is 0 Å². The van der Waals surface area contributed by atoms with Gasteiger partial charge in [-0.05, 0) is 24.6 Å². The number of nitrogens with two attached hydrogens (primary N) is 2. The van der Waals surface area contributed by atoms with Crippen molar-refractivity contribution in [3.63, 3.8) is 0 Å². The van der Waals surface area contributed by atoms with Crippen LogP contribution in [0.1, 0.15) is 24.9 Å². The smallest absolute Gasteiger partial charge is 0.120 e. The quantitative estimate of drug-likeness (QED) is 0.539. The Balaban J connectivity index is 2.99. The van der Waals surface area contributed by atoms with Gasteiger partial charge in [0.05, 0.1) is 0 Å². The van der Waals surface area contributed by atoms with Crippen LogP contribution < -0.4 is 11.5 Å². The number of aromatic hydroxyl groups is 2. The van der Waals surface area contributed by atoms with Gasteiger partial charge in [0.1, 0.15) is 11.5 Å². The predicted molar refractivity (Wildman–Crippen MR) is 55.0 cm³/mol. The van der Waals surface area contributed by atoms with E-state index in [1.807, 2.05) is 6.92 Å². The lowest BCUT2D eigenvalue weighted by molar-refractivity contribution is 0.436. The van der Waals surface area contributed by atoms with Gasteiger partial charge in [-0.15, -0.1) is 0 Å². The minimum atomic E-state index is -0.452. The van der Waals surface area contributed by atoms with Crippen LogP contribution >= 0.6 is 0 Å². The van der Waals surface area contributed by atoms with E-state index in [1.165, 1.54) is 18.2 Å². The Kier molecular flexibility index (Phi) is 3.33. The molecule has 4 heteroatoms. The Morgan fingerprint density at radius 3 is 2.50 bits per heavy atom. The summed E-state index contributed by atoms with van der Waals surface area (Å²) < 4.78 is 0. The Morgan fingerprint density at radius 1 is 1.29 bits per heavy atom. The molecule has 0 fully saturated rings. The fraction of sp³-hybridized carbons (Fsp3) is 0.400. The summed E-state index contributed by atoms with van der Waals surface area (Å²) >= 11 is 0. The van der Waals surface area contributed by atoms with Crippen molar-refractivity contribution < 1.29 is 10.2 Å². The van der Waals surface area contributed by atoms with Gasteiger partial charge in [-0.2, -0.15) is 0 Å². The van der Waals surface area contributed by atoms with E-state index >= 15 is 0 Å². The lowest BCUT2D eigenvalue weighted by atomic mass is 9.98. The predicted octanol–water partition coefficient (Wildman–Crippen LogP) is 0.835. The first-order valence-corrected chi connectivity index (χ1v) is 4.59. The highest BCUT2D eigenvalue weighted by Crippen LogP contribution is 2.28. The number of benzene rings is 1. The summed E-state index contributed by atoms with van der Waals surface area (Å²) in [6, 6.07) is 3.58. The van der Waals surface area contributed by atoms with Gasteiger partial charge < -0.3 is 21.7 Å². The fourth-order valence-electron chi connectivity index (χ4n) is 1.29. The zero-order chi connectivity index (χ0) is 10.7. The molecule has 14 heavy (non-hydrogen) atoms. The Hall–Kier alpha value is -1.26. The zero-order valence-corrected chi connectivity index (χ0v) is 8.14. The topological polar surface area (TPSA) is 92.5 Å². The molecule has 1 aromatic rings. The number of rotatable bonds is 3. The van der Waals surface area contributed by atoms with Crippen molar-refractivity contribution in [3.05, 3.63) is 23.8 Å². The molecule has 0 aromatic heterocycles. The molecule has 0 amide bonds. The van der Waals surface area contributed by atoms with Crippen LogP contribution in [0.25, 0.3) is 0 Å². The second kappa shape index (κ2) is 4.30. The van der Waals surface area contributed by atoms with Crippen LogP contribution in [0.5, 0.6) is 11.5 Å².